The minimum absolute atomic E-state index is 0.0725. The molecule has 41 heavy (non-hydrogen) atoms. The van der Waals surface area contributed by atoms with Crippen LogP contribution in [0.1, 0.15) is 40.4 Å². The number of benzene rings is 2. The molecule has 1 amide bonds. The van der Waals surface area contributed by atoms with Crippen molar-refractivity contribution in [1.29, 1.82) is 0 Å². The van der Waals surface area contributed by atoms with Gasteiger partial charge in [-0.1, -0.05) is 23.8 Å². The third kappa shape index (κ3) is 8.07. The summed E-state index contributed by atoms with van der Waals surface area (Å²) >= 11 is 0. The average molecular weight is 562 g/mol. The Kier molecular flexibility index (Phi) is 9.57. The molecule has 212 valence electrons. The van der Waals surface area contributed by atoms with Crippen LogP contribution in [-0.4, -0.2) is 40.8 Å². The Hall–Kier alpha value is -4.86. The van der Waals surface area contributed by atoms with E-state index in [4.69, 9.17) is 9.47 Å². The highest BCUT2D eigenvalue weighted by molar-refractivity contribution is 5.95. The van der Waals surface area contributed by atoms with Gasteiger partial charge in [-0.15, -0.1) is 0 Å². The number of aromatic amines is 1. The SMILES string of the molecule is CCOC(=O)CCNC(=O)c1c[nH]c(-c2cc(Oc3ccc(CC(=O)Cc4cc(C)ccc4F)c(F)c3)ccn2)c1. The van der Waals surface area contributed by atoms with Crippen LogP contribution >= 0.6 is 0 Å². The van der Waals surface area contributed by atoms with Gasteiger partial charge in [0.2, 0.25) is 0 Å². The lowest BCUT2D eigenvalue weighted by Gasteiger charge is -2.09. The molecular formula is C31H29F2N3O5. The molecule has 0 fully saturated rings. The first-order valence-corrected chi connectivity index (χ1v) is 13.0. The zero-order chi connectivity index (χ0) is 29.4. The van der Waals surface area contributed by atoms with Crippen molar-refractivity contribution in [2.45, 2.75) is 33.1 Å². The summed E-state index contributed by atoms with van der Waals surface area (Å²) in [6.07, 6.45) is 2.81. The molecule has 2 N–H and O–H groups in total. The van der Waals surface area contributed by atoms with E-state index in [1.165, 1.54) is 30.6 Å². The molecule has 0 bridgehead atoms. The van der Waals surface area contributed by atoms with E-state index in [-0.39, 0.29) is 67.0 Å². The Balaban J connectivity index is 1.36. The molecule has 10 heteroatoms. The summed E-state index contributed by atoms with van der Waals surface area (Å²) in [5.41, 5.74) is 2.70. The summed E-state index contributed by atoms with van der Waals surface area (Å²) in [7, 11) is 0. The molecule has 0 atom stereocenters. The molecule has 8 nitrogen and oxygen atoms in total. The van der Waals surface area contributed by atoms with Crippen molar-refractivity contribution < 1.29 is 32.6 Å². The summed E-state index contributed by atoms with van der Waals surface area (Å²) in [5.74, 6) is -1.54. The summed E-state index contributed by atoms with van der Waals surface area (Å²) < 4.78 is 39.4. The zero-order valence-corrected chi connectivity index (χ0v) is 22.6. The predicted octanol–water partition coefficient (Wildman–Crippen LogP) is 5.49. The minimum Gasteiger partial charge on any atom is -0.466 e. The number of carbonyl (C=O) groups is 3. The van der Waals surface area contributed by atoms with Gasteiger partial charge in [0, 0.05) is 43.9 Å². The molecule has 0 aliphatic rings. The standard InChI is InChI=1S/C31H29F2N3O5/c1-3-40-30(38)9-11-35-31(39)22-15-28(36-18-22)29-17-25(8-10-34-29)41-24-6-5-20(27(33)16-24)13-23(37)14-21-12-19(2)4-7-26(21)32/h4-8,10,12,15-18,36H,3,9,11,13-14H2,1-2H3,(H,35,39). The number of Topliss-reactive ketones (excluding diaryl/α,β-unsaturated/α-hetero) is 1. The summed E-state index contributed by atoms with van der Waals surface area (Å²) in [6, 6.07) is 13.6. The maximum atomic E-state index is 14.8. The van der Waals surface area contributed by atoms with E-state index in [0.717, 1.165) is 5.56 Å². The van der Waals surface area contributed by atoms with Gasteiger partial charge >= 0.3 is 5.97 Å². The van der Waals surface area contributed by atoms with Crippen molar-refractivity contribution in [1.82, 2.24) is 15.3 Å². The van der Waals surface area contributed by atoms with Gasteiger partial charge in [0.05, 0.1) is 30.0 Å². The fourth-order valence-corrected chi connectivity index (χ4v) is 4.11. The molecule has 2 heterocycles. The molecule has 2 aromatic heterocycles. The van der Waals surface area contributed by atoms with E-state index in [1.54, 1.807) is 43.3 Å². The lowest BCUT2D eigenvalue weighted by molar-refractivity contribution is -0.142. The number of nitrogens with zero attached hydrogens (tertiary/aromatic N) is 1. The number of aromatic nitrogens is 2. The van der Waals surface area contributed by atoms with E-state index >= 15 is 0 Å². The van der Waals surface area contributed by atoms with E-state index < -0.39 is 11.6 Å². The molecule has 0 saturated carbocycles. The van der Waals surface area contributed by atoms with E-state index in [1.807, 2.05) is 6.92 Å². The zero-order valence-electron chi connectivity index (χ0n) is 22.6. The lowest BCUT2D eigenvalue weighted by Crippen LogP contribution is -2.26. The number of rotatable bonds is 12. The van der Waals surface area contributed by atoms with Gasteiger partial charge in [-0.05, 0) is 49.2 Å². The number of hydrogen-bond donors (Lipinski definition) is 2. The second kappa shape index (κ2) is 13.5. The van der Waals surface area contributed by atoms with Crippen LogP contribution in [0, 0.1) is 18.6 Å². The maximum absolute atomic E-state index is 14.8. The van der Waals surface area contributed by atoms with E-state index in [9.17, 15) is 23.2 Å². The molecular weight excluding hydrogens is 532 g/mol. The number of halogens is 2. The Labute approximate surface area is 235 Å². The van der Waals surface area contributed by atoms with E-state index in [0.29, 0.717) is 22.7 Å². The van der Waals surface area contributed by atoms with Gasteiger partial charge < -0.3 is 19.8 Å². The monoisotopic (exact) mass is 561 g/mol. The number of carbonyl (C=O) groups excluding carboxylic acids is 3. The van der Waals surface area contributed by atoms with E-state index in [2.05, 4.69) is 15.3 Å². The Bertz CT molecular complexity index is 1570. The molecule has 0 aliphatic heterocycles. The minimum atomic E-state index is -0.613. The first-order valence-electron chi connectivity index (χ1n) is 13.0. The molecule has 2 aromatic carbocycles. The van der Waals surface area contributed by atoms with Crippen LogP contribution in [0.5, 0.6) is 11.5 Å². The number of ketones is 1. The number of amides is 1. The number of ether oxygens (including phenoxy) is 2. The van der Waals surface area contributed by atoms with Crippen molar-refractivity contribution in [2.24, 2.45) is 0 Å². The quantitative estimate of drug-likeness (QED) is 0.221. The van der Waals surface area contributed by atoms with Crippen LogP contribution in [0.25, 0.3) is 11.4 Å². The number of H-pyrrole nitrogens is 1. The van der Waals surface area contributed by atoms with Gasteiger partial charge in [-0.3, -0.25) is 19.4 Å². The summed E-state index contributed by atoms with van der Waals surface area (Å²) in [6.45, 7) is 3.95. The van der Waals surface area contributed by atoms with Gasteiger partial charge in [-0.2, -0.15) is 0 Å². The van der Waals surface area contributed by atoms with Crippen molar-refractivity contribution >= 4 is 17.7 Å². The van der Waals surface area contributed by atoms with Crippen LogP contribution in [-0.2, 0) is 27.2 Å². The predicted molar refractivity (Wildman–Crippen MR) is 148 cm³/mol. The van der Waals surface area contributed by atoms with Crippen LogP contribution in [0.15, 0.2) is 67.0 Å². The number of aryl methyl sites for hydroxylation is 1. The highest BCUT2D eigenvalue weighted by Crippen LogP contribution is 2.27. The normalized spacial score (nSPS) is 10.7. The van der Waals surface area contributed by atoms with Gasteiger partial charge in [0.15, 0.2) is 0 Å². The first kappa shape index (κ1) is 29.1. The van der Waals surface area contributed by atoms with Crippen LogP contribution < -0.4 is 10.1 Å². The Morgan fingerprint density at radius 3 is 2.49 bits per heavy atom. The van der Waals surface area contributed by atoms with Crippen molar-refractivity contribution in [3.8, 4) is 22.9 Å². The molecule has 0 saturated heterocycles. The second-order valence-corrected chi connectivity index (χ2v) is 9.33. The topological polar surface area (TPSA) is 110 Å². The van der Waals surface area contributed by atoms with Gasteiger partial charge in [0.1, 0.15) is 28.9 Å². The maximum Gasteiger partial charge on any atom is 0.307 e. The van der Waals surface area contributed by atoms with Crippen molar-refractivity contribution in [3.05, 3.63) is 101 Å². The Morgan fingerprint density at radius 1 is 0.927 bits per heavy atom. The third-order valence-electron chi connectivity index (χ3n) is 6.11. The average Bonchev–Trinajstić information content (AvgIpc) is 3.43. The summed E-state index contributed by atoms with van der Waals surface area (Å²) in [5, 5.41) is 2.66. The van der Waals surface area contributed by atoms with Crippen LogP contribution in [0.4, 0.5) is 8.78 Å². The number of nitrogens with one attached hydrogen (secondary N) is 2. The smallest absolute Gasteiger partial charge is 0.307 e. The molecule has 0 unspecified atom stereocenters. The molecule has 4 aromatic rings. The van der Waals surface area contributed by atoms with Crippen molar-refractivity contribution in [2.75, 3.05) is 13.2 Å². The van der Waals surface area contributed by atoms with Crippen molar-refractivity contribution in [3.63, 3.8) is 0 Å². The molecule has 0 aliphatic carbocycles. The fourth-order valence-electron chi connectivity index (χ4n) is 4.11. The van der Waals surface area contributed by atoms with Crippen LogP contribution in [0.2, 0.25) is 0 Å². The lowest BCUT2D eigenvalue weighted by atomic mass is 10.0. The summed E-state index contributed by atoms with van der Waals surface area (Å²) in [4.78, 5) is 43.6. The van der Waals surface area contributed by atoms with Crippen LogP contribution in [0.3, 0.4) is 0 Å². The first-order chi connectivity index (χ1) is 19.7. The van der Waals surface area contributed by atoms with Gasteiger partial charge in [0.25, 0.3) is 5.91 Å². The number of hydrogen-bond acceptors (Lipinski definition) is 6. The molecule has 4 rings (SSSR count). The number of pyridine rings is 1. The number of esters is 1. The largest absolute Gasteiger partial charge is 0.466 e. The highest BCUT2D eigenvalue weighted by Gasteiger charge is 2.15. The highest BCUT2D eigenvalue weighted by atomic mass is 19.1. The second-order valence-electron chi connectivity index (χ2n) is 9.33. The Morgan fingerprint density at radius 2 is 1.71 bits per heavy atom. The molecule has 0 spiro atoms. The molecule has 0 radical (unpaired) electrons. The van der Waals surface area contributed by atoms with Gasteiger partial charge in [-0.25, -0.2) is 8.78 Å². The third-order valence-corrected chi connectivity index (χ3v) is 6.11. The fraction of sp³-hybridized carbons (Fsp3) is 0.226.